The molecule has 2 amide bonds. The molecule has 2 heterocycles. The van der Waals surface area contributed by atoms with Crippen molar-refractivity contribution in [2.24, 2.45) is 0 Å². The number of anilines is 1. The van der Waals surface area contributed by atoms with Gasteiger partial charge in [-0.25, -0.2) is 4.79 Å². The molecule has 0 saturated carbocycles. The van der Waals surface area contributed by atoms with Gasteiger partial charge in [-0.15, -0.1) is 0 Å². The van der Waals surface area contributed by atoms with Gasteiger partial charge in [-0.2, -0.15) is 0 Å². The molecule has 0 radical (unpaired) electrons. The lowest BCUT2D eigenvalue weighted by Crippen LogP contribution is -2.40. The second-order valence-electron chi connectivity index (χ2n) is 5.93. The lowest BCUT2D eigenvalue weighted by Gasteiger charge is -2.22. The standard InChI is InChI=1S/C13H21N3O3/c1-13(2,3)10-7-11(15-19-10)14-12(18)16-6-4-5-9(16)8-17/h7,9,17H,4-6,8H2,1-3H3,(H,14,15,18)/t9-/m0/s1. The molecule has 1 aromatic rings. The Balaban J connectivity index is 2.01. The minimum atomic E-state index is -0.231. The first-order valence-electron chi connectivity index (χ1n) is 6.57. The zero-order valence-corrected chi connectivity index (χ0v) is 11.6. The number of carbonyl (C=O) groups is 1. The van der Waals surface area contributed by atoms with Crippen molar-refractivity contribution in [3.63, 3.8) is 0 Å². The molecule has 1 aromatic heterocycles. The summed E-state index contributed by atoms with van der Waals surface area (Å²) >= 11 is 0. The molecule has 0 unspecified atom stereocenters. The molecule has 0 spiro atoms. The zero-order chi connectivity index (χ0) is 14.0. The highest BCUT2D eigenvalue weighted by Gasteiger charge is 2.29. The second kappa shape index (κ2) is 5.21. The molecule has 19 heavy (non-hydrogen) atoms. The Hall–Kier alpha value is -1.56. The van der Waals surface area contributed by atoms with Gasteiger partial charge in [-0.3, -0.25) is 5.32 Å². The zero-order valence-electron chi connectivity index (χ0n) is 11.6. The maximum Gasteiger partial charge on any atom is 0.323 e. The number of rotatable bonds is 2. The van der Waals surface area contributed by atoms with Crippen LogP contribution < -0.4 is 5.32 Å². The molecule has 0 aromatic carbocycles. The van der Waals surface area contributed by atoms with Gasteiger partial charge in [0.25, 0.3) is 0 Å². The van der Waals surface area contributed by atoms with E-state index in [1.807, 2.05) is 20.8 Å². The van der Waals surface area contributed by atoms with Crippen LogP contribution in [0.5, 0.6) is 0 Å². The molecule has 6 heteroatoms. The van der Waals surface area contributed by atoms with E-state index >= 15 is 0 Å². The summed E-state index contributed by atoms with van der Waals surface area (Å²) in [7, 11) is 0. The molecular formula is C13H21N3O3. The van der Waals surface area contributed by atoms with Gasteiger partial charge in [0.15, 0.2) is 5.82 Å². The molecule has 2 rings (SSSR count). The van der Waals surface area contributed by atoms with Gasteiger partial charge in [0.2, 0.25) is 0 Å². The maximum absolute atomic E-state index is 12.1. The van der Waals surface area contributed by atoms with E-state index in [9.17, 15) is 9.90 Å². The predicted molar refractivity (Wildman–Crippen MR) is 71.0 cm³/mol. The third-order valence-corrected chi connectivity index (χ3v) is 3.33. The van der Waals surface area contributed by atoms with Crippen molar-refractivity contribution in [2.75, 3.05) is 18.5 Å². The molecule has 1 atom stereocenters. The van der Waals surface area contributed by atoms with E-state index in [1.165, 1.54) is 0 Å². The number of hydrogen-bond acceptors (Lipinski definition) is 4. The molecule has 6 nitrogen and oxygen atoms in total. The van der Waals surface area contributed by atoms with Crippen molar-refractivity contribution in [2.45, 2.75) is 45.1 Å². The Kier molecular flexibility index (Phi) is 3.80. The molecule has 0 aliphatic carbocycles. The van der Waals surface area contributed by atoms with Gasteiger partial charge >= 0.3 is 6.03 Å². The summed E-state index contributed by atoms with van der Waals surface area (Å²) in [5, 5.41) is 15.8. The quantitative estimate of drug-likeness (QED) is 0.858. The van der Waals surface area contributed by atoms with Crippen LogP contribution in [0.1, 0.15) is 39.4 Å². The summed E-state index contributed by atoms with van der Waals surface area (Å²) < 4.78 is 5.21. The number of aliphatic hydroxyl groups excluding tert-OH is 1. The largest absolute Gasteiger partial charge is 0.394 e. The van der Waals surface area contributed by atoms with E-state index in [-0.39, 0.29) is 24.1 Å². The molecule has 1 aliphatic heterocycles. The fraction of sp³-hybridized carbons (Fsp3) is 0.692. The number of aromatic nitrogens is 1. The van der Waals surface area contributed by atoms with Crippen molar-refractivity contribution < 1.29 is 14.4 Å². The Morgan fingerprint density at radius 3 is 2.95 bits per heavy atom. The van der Waals surface area contributed by atoms with Crippen LogP contribution in [0.25, 0.3) is 0 Å². The monoisotopic (exact) mass is 267 g/mol. The highest BCUT2D eigenvalue weighted by molar-refractivity contribution is 5.88. The Morgan fingerprint density at radius 1 is 1.63 bits per heavy atom. The average Bonchev–Trinajstić information content (AvgIpc) is 2.95. The van der Waals surface area contributed by atoms with E-state index in [4.69, 9.17) is 4.52 Å². The molecule has 2 N–H and O–H groups in total. The van der Waals surface area contributed by atoms with Gasteiger partial charge < -0.3 is 14.5 Å². The van der Waals surface area contributed by atoms with Gasteiger partial charge in [0.1, 0.15) is 5.76 Å². The third-order valence-electron chi connectivity index (χ3n) is 3.33. The minimum Gasteiger partial charge on any atom is -0.394 e. The first-order chi connectivity index (χ1) is 8.91. The van der Waals surface area contributed by atoms with E-state index < -0.39 is 0 Å². The van der Waals surface area contributed by atoms with Crippen LogP contribution in [0.3, 0.4) is 0 Å². The Labute approximate surface area is 112 Å². The first-order valence-corrected chi connectivity index (χ1v) is 6.57. The van der Waals surface area contributed by atoms with Gasteiger partial charge in [0, 0.05) is 18.0 Å². The van der Waals surface area contributed by atoms with Crippen LogP contribution >= 0.6 is 0 Å². The van der Waals surface area contributed by atoms with Crippen molar-refractivity contribution >= 4 is 11.8 Å². The van der Waals surface area contributed by atoms with E-state index in [0.717, 1.165) is 18.6 Å². The molecule has 0 bridgehead atoms. The number of aliphatic hydroxyl groups is 1. The molecule has 1 saturated heterocycles. The lowest BCUT2D eigenvalue weighted by atomic mass is 9.93. The Bertz CT molecular complexity index is 450. The van der Waals surface area contributed by atoms with Crippen molar-refractivity contribution in [3.05, 3.63) is 11.8 Å². The summed E-state index contributed by atoms with van der Waals surface area (Å²) in [6.45, 7) is 6.71. The summed E-state index contributed by atoms with van der Waals surface area (Å²) in [4.78, 5) is 13.7. The maximum atomic E-state index is 12.1. The van der Waals surface area contributed by atoms with E-state index in [1.54, 1.807) is 11.0 Å². The number of likely N-dealkylation sites (tertiary alicyclic amines) is 1. The highest BCUT2D eigenvalue weighted by atomic mass is 16.5. The summed E-state index contributed by atoms with van der Waals surface area (Å²) in [6, 6.07) is 1.42. The first kappa shape index (κ1) is 13.9. The lowest BCUT2D eigenvalue weighted by molar-refractivity contribution is 0.166. The van der Waals surface area contributed by atoms with Crippen LogP contribution in [-0.4, -0.2) is 40.4 Å². The fourth-order valence-corrected chi connectivity index (χ4v) is 2.16. The summed E-state index contributed by atoms with van der Waals surface area (Å²) in [6.07, 6.45) is 1.76. The van der Waals surface area contributed by atoms with E-state index in [2.05, 4.69) is 10.5 Å². The predicted octanol–water partition coefficient (Wildman–Crippen LogP) is 1.96. The minimum absolute atomic E-state index is 0.000519. The van der Waals surface area contributed by atoms with Crippen LogP contribution in [0.2, 0.25) is 0 Å². The van der Waals surface area contributed by atoms with Crippen molar-refractivity contribution in [3.8, 4) is 0 Å². The molecule has 106 valence electrons. The van der Waals surface area contributed by atoms with Crippen LogP contribution in [0.15, 0.2) is 10.6 Å². The molecule has 1 aliphatic rings. The van der Waals surface area contributed by atoms with Crippen LogP contribution in [0, 0.1) is 0 Å². The van der Waals surface area contributed by atoms with Gasteiger partial charge in [0.05, 0.1) is 12.6 Å². The van der Waals surface area contributed by atoms with Crippen LogP contribution in [-0.2, 0) is 5.41 Å². The number of nitrogens with zero attached hydrogens (tertiary/aromatic N) is 2. The number of carbonyl (C=O) groups excluding carboxylic acids is 1. The van der Waals surface area contributed by atoms with E-state index in [0.29, 0.717) is 12.4 Å². The molecule has 1 fully saturated rings. The summed E-state index contributed by atoms with van der Waals surface area (Å²) in [5.74, 6) is 1.14. The third kappa shape index (κ3) is 3.07. The summed E-state index contributed by atoms with van der Waals surface area (Å²) in [5.41, 5.74) is -0.142. The van der Waals surface area contributed by atoms with Gasteiger partial charge in [-0.1, -0.05) is 25.9 Å². The second-order valence-corrected chi connectivity index (χ2v) is 5.93. The SMILES string of the molecule is CC(C)(C)c1cc(NC(=O)N2CCC[C@H]2CO)no1. The number of nitrogens with one attached hydrogen (secondary N) is 1. The average molecular weight is 267 g/mol. The number of urea groups is 1. The Morgan fingerprint density at radius 2 is 2.37 bits per heavy atom. The van der Waals surface area contributed by atoms with Crippen molar-refractivity contribution in [1.82, 2.24) is 10.1 Å². The number of amides is 2. The highest BCUT2D eigenvalue weighted by Crippen LogP contribution is 2.25. The number of hydrogen-bond donors (Lipinski definition) is 2. The fourth-order valence-electron chi connectivity index (χ4n) is 2.16. The van der Waals surface area contributed by atoms with Gasteiger partial charge in [-0.05, 0) is 12.8 Å². The van der Waals surface area contributed by atoms with Crippen LogP contribution in [0.4, 0.5) is 10.6 Å². The molecular weight excluding hydrogens is 246 g/mol. The van der Waals surface area contributed by atoms with Crippen molar-refractivity contribution in [1.29, 1.82) is 0 Å². The normalized spacial score (nSPS) is 19.8. The smallest absolute Gasteiger partial charge is 0.323 e. The topological polar surface area (TPSA) is 78.6 Å².